The van der Waals surface area contributed by atoms with Gasteiger partial charge < -0.3 is 9.84 Å². The van der Waals surface area contributed by atoms with Gasteiger partial charge in [0, 0.05) is 0 Å². The molecule has 1 saturated heterocycles. The summed E-state index contributed by atoms with van der Waals surface area (Å²) in [6.07, 6.45) is 1.63. The van der Waals surface area contributed by atoms with Crippen LogP contribution in [0.4, 0.5) is 0 Å². The summed E-state index contributed by atoms with van der Waals surface area (Å²) in [5.41, 5.74) is 0. The molecule has 1 aliphatic heterocycles. The topological polar surface area (TPSA) is 49.8 Å². The van der Waals surface area contributed by atoms with Crippen LogP contribution in [-0.4, -0.2) is 23.8 Å². The molecule has 1 N–H and O–H groups in total. The van der Waals surface area contributed by atoms with Gasteiger partial charge in [-0.15, -0.1) is 0 Å². The second-order valence-corrected chi connectivity index (χ2v) is 2.63. The van der Waals surface area contributed by atoms with Crippen LogP contribution >= 0.6 is 0 Å². The third kappa shape index (κ3) is 1.99. The zero-order chi connectivity index (χ0) is 7.56. The number of ether oxygens (including phenoxy) is 1. The van der Waals surface area contributed by atoms with Crippen LogP contribution in [0.2, 0.25) is 0 Å². The molecule has 0 aromatic heterocycles. The van der Waals surface area contributed by atoms with Crippen LogP contribution < -0.4 is 0 Å². The van der Waals surface area contributed by atoms with Crippen molar-refractivity contribution in [3.05, 3.63) is 0 Å². The molecule has 2 atom stereocenters. The van der Waals surface area contributed by atoms with E-state index >= 15 is 0 Å². The van der Waals surface area contributed by atoms with Crippen molar-refractivity contribution in [3.63, 3.8) is 0 Å². The number of rotatable bonds is 4. The second kappa shape index (κ2) is 3.01. The zero-order valence-corrected chi connectivity index (χ0v) is 6.04. The van der Waals surface area contributed by atoms with E-state index in [1.54, 1.807) is 0 Å². The highest BCUT2D eigenvalue weighted by atomic mass is 16.6. The number of carbonyl (C=O) groups is 1. The molecule has 1 unspecified atom stereocenters. The molecule has 0 saturated carbocycles. The first kappa shape index (κ1) is 7.54. The minimum absolute atomic E-state index is 0.201. The van der Waals surface area contributed by atoms with Crippen molar-refractivity contribution in [2.45, 2.75) is 25.9 Å². The zero-order valence-electron chi connectivity index (χ0n) is 6.04. The van der Waals surface area contributed by atoms with E-state index in [1.807, 2.05) is 6.92 Å². The van der Waals surface area contributed by atoms with Gasteiger partial charge in [-0.05, 0) is 12.8 Å². The molecule has 0 aromatic rings. The highest BCUT2D eigenvalue weighted by Crippen LogP contribution is 2.21. The average molecular weight is 144 g/mol. The predicted octanol–water partition coefficient (Wildman–Crippen LogP) is 0.886. The highest BCUT2D eigenvalue weighted by molar-refractivity contribution is 5.69. The summed E-state index contributed by atoms with van der Waals surface area (Å²) < 4.78 is 4.93. The first-order chi connectivity index (χ1) is 4.74. The van der Waals surface area contributed by atoms with E-state index in [9.17, 15) is 4.79 Å². The van der Waals surface area contributed by atoms with E-state index in [1.165, 1.54) is 0 Å². The van der Waals surface area contributed by atoms with Crippen LogP contribution in [0.5, 0.6) is 0 Å². The van der Waals surface area contributed by atoms with Crippen LogP contribution in [-0.2, 0) is 9.53 Å². The molecule has 10 heavy (non-hydrogen) atoms. The Morgan fingerprint density at radius 1 is 1.90 bits per heavy atom. The van der Waals surface area contributed by atoms with Gasteiger partial charge in [0.05, 0.1) is 18.6 Å². The Morgan fingerprint density at radius 3 is 2.80 bits per heavy atom. The van der Waals surface area contributed by atoms with E-state index in [2.05, 4.69) is 0 Å². The molecule has 0 spiro atoms. The summed E-state index contributed by atoms with van der Waals surface area (Å²) in [5.74, 6) is -0.898. The number of carboxylic acids is 1. The first-order valence-electron chi connectivity index (χ1n) is 3.58. The Morgan fingerprint density at radius 2 is 2.50 bits per heavy atom. The van der Waals surface area contributed by atoms with Gasteiger partial charge in [0.25, 0.3) is 0 Å². The number of hydrogen-bond donors (Lipinski definition) is 1. The fourth-order valence-electron chi connectivity index (χ4n) is 0.964. The van der Waals surface area contributed by atoms with Crippen molar-refractivity contribution < 1.29 is 14.6 Å². The van der Waals surface area contributed by atoms with E-state index in [4.69, 9.17) is 9.84 Å². The molecule has 0 aliphatic carbocycles. The summed E-state index contributed by atoms with van der Waals surface area (Å²) >= 11 is 0. The van der Waals surface area contributed by atoms with Crippen LogP contribution in [0.15, 0.2) is 0 Å². The van der Waals surface area contributed by atoms with Gasteiger partial charge >= 0.3 is 5.97 Å². The molecule has 1 rings (SSSR count). The SMILES string of the molecule is CC[C@H](CC1CO1)C(=O)O. The van der Waals surface area contributed by atoms with E-state index < -0.39 is 5.97 Å². The molecule has 0 radical (unpaired) electrons. The molecule has 0 amide bonds. The lowest BCUT2D eigenvalue weighted by molar-refractivity contribution is -0.142. The molecule has 3 nitrogen and oxygen atoms in total. The van der Waals surface area contributed by atoms with Crippen molar-refractivity contribution in [3.8, 4) is 0 Å². The Bertz CT molecular complexity index is 129. The predicted molar refractivity (Wildman–Crippen MR) is 35.8 cm³/mol. The molecular weight excluding hydrogens is 132 g/mol. The standard InChI is InChI=1S/C7H12O3/c1-2-5(7(8)9)3-6-4-10-6/h5-6H,2-4H2,1H3,(H,8,9)/t5-,6?/m1/s1. The van der Waals surface area contributed by atoms with E-state index in [0.717, 1.165) is 6.61 Å². The molecule has 58 valence electrons. The Balaban J connectivity index is 2.24. The third-order valence-electron chi connectivity index (χ3n) is 1.79. The number of aliphatic carboxylic acids is 1. The summed E-state index contributed by atoms with van der Waals surface area (Å²) in [6.45, 7) is 2.64. The fraction of sp³-hybridized carbons (Fsp3) is 0.857. The largest absolute Gasteiger partial charge is 0.481 e. The number of hydrogen-bond acceptors (Lipinski definition) is 2. The molecule has 3 heteroatoms. The summed E-state index contributed by atoms with van der Waals surface area (Å²) in [4.78, 5) is 10.4. The van der Waals surface area contributed by atoms with Crippen LogP contribution in [0, 0.1) is 5.92 Å². The van der Waals surface area contributed by atoms with Gasteiger partial charge in [-0.3, -0.25) is 4.79 Å². The molecular formula is C7H12O3. The minimum Gasteiger partial charge on any atom is -0.481 e. The van der Waals surface area contributed by atoms with Gasteiger partial charge in [-0.2, -0.15) is 0 Å². The van der Waals surface area contributed by atoms with Gasteiger partial charge in [-0.1, -0.05) is 6.92 Å². The summed E-state index contributed by atoms with van der Waals surface area (Å²) in [7, 11) is 0. The Kier molecular flexibility index (Phi) is 2.27. The van der Waals surface area contributed by atoms with Gasteiger partial charge in [-0.25, -0.2) is 0 Å². The average Bonchev–Trinajstić information content (AvgIpc) is 2.64. The molecule has 1 fully saturated rings. The number of epoxide rings is 1. The third-order valence-corrected chi connectivity index (χ3v) is 1.79. The summed E-state index contributed by atoms with van der Waals surface area (Å²) in [5, 5.41) is 8.59. The summed E-state index contributed by atoms with van der Waals surface area (Å²) in [6, 6.07) is 0. The van der Waals surface area contributed by atoms with E-state index in [0.29, 0.717) is 12.8 Å². The van der Waals surface area contributed by atoms with Gasteiger partial charge in [0.1, 0.15) is 0 Å². The van der Waals surface area contributed by atoms with Crippen LogP contribution in [0.3, 0.4) is 0 Å². The van der Waals surface area contributed by atoms with Crippen LogP contribution in [0.25, 0.3) is 0 Å². The molecule has 0 bridgehead atoms. The monoisotopic (exact) mass is 144 g/mol. The van der Waals surface area contributed by atoms with Crippen LogP contribution in [0.1, 0.15) is 19.8 Å². The van der Waals surface area contributed by atoms with Crippen molar-refractivity contribution in [2.24, 2.45) is 5.92 Å². The normalized spacial score (nSPS) is 25.9. The lowest BCUT2D eigenvalue weighted by atomic mass is 10.0. The lowest BCUT2D eigenvalue weighted by Gasteiger charge is -2.05. The number of carboxylic acid groups (broad SMARTS) is 1. The van der Waals surface area contributed by atoms with Crippen molar-refractivity contribution in [1.82, 2.24) is 0 Å². The van der Waals surface area contributed by atoms with Crippen molar-refractivity contribution in [2.75, 3.05) is 6.61 Å². The minimum atomic E-state index is -0.696. The van der Waals surface area contributed by atoms with Gasteiger partial charge in [0.15, 0.2) is 0 Å². The maximum absolute atomic E-state index is 10.4. The second-order valence-electron chi connectivity index (χ2n) is 2.63. The van der Waals surface area contributed by atoms with E-state index in [-0.39, 0.29) is 12.0 Å². The molecule has 1 heterocycles. The van der Waals surface area contributed by atoms with Gasteiger partial charge in [0.2, 0.25) is 0 Å². The van der Waals surface area contributed by atoms with Crippen molar-refractivity contribution >= 4 is 5.97 Å². The fourth-order valence-corrected chi connectivity index (χ4v) is 0.964. The Labute approximate surface area is 60.0 Å². The maximum Gasteiger partial charge on any atom is 0.306 e. The highest BCUT2D eigenvalue weighted by Gasteiger charge is 2.28. The van der Waals surface area contributed by atoms with Crippen molar-refractivity contribution in [1.29, 1.82) is 0 Å². The molecule has 0 aromatic carbocycles. The molecule has 1 aliphatic rings. The first-order valence-corrected chi connectivity index (χ1v) is 3.58. The maximum atomic E-state index is 10.4. The lowest BCUT2D eigenvalue weighted by Crippen LogP contribution is -2.14. The smallest absolute Gasteiger partial charge is 0.306 e. The Hall–Kier alpha value is -0.570. The quantitative estimate of drug-likeness (QED) is 0.596.